The number of hydrogen-bond acceptors (Lipinski definition) is 4. The zero-order valence-electron chi connectivity index (χ0n) is 23.4. The molecule has 4 atom stereocenters. The van der Waals surface area contributed by atoms with Crippen LogP contribution in [0.2, 0.25) is 5.02 Å². The number of nitrogens with one attached hydrogen (secondary N) is 1. The summed E-state index contributed by atoms with van der Waals surface area (Å²) in [5.74, 6) is 1.29. The van der Waals surface area contributed by atoms with Gasteiger partial charge in [-0.3, -0.25) is 9.97 Å². The summed E-state index contributed by atoms with van der Waals surface area (Å²) < 4.78 is 2.26. The van der Waals surface area contributed by atoms with Gasteiger partial charge in [-0.2, -0.15) is 0 Å². The molecule has 6 rings (SSSR count). The first kappa shape index (κ1) is 26.8. The van der Waals surface area contributed by atoms with Crippen molar-refractivity contribution in [2.45, 2.75) is 46.2 Å². The predicted molar refractivity (Wildman–Crippen MR) is 168 cm³/mol. The molecule has 5 heterocycles. The highest BCUT2D eigenvalue weighted by atomic mass is 35.5. The molecular formula is C32H35ClN6S. The number of piperidine rings is 1. The third kappa shape index (κ3) is 4.86. The van der Waals surface area contributed by atoms with Gasteiger partial charge >= 0.3 is 0 Å². The molecular weight excluding hydrogens is 536 g/mol. The number of nitrogens with zero attached hydrogens (tertiary/aromatic N) is 5. The number of thiocarbonyl (C=S) groups is 1. The number of pyridine rings is 2. The summed E-state index contributed by atoms with van der Waals surface area (Å²) in [6, 6.07) is 18.5. The number of hydrogen-bond donors (Lipinski definition) is 1. The van der Waals surface area contributed by atoms with Gasteiger partial charge in [0.1, 0.15) is 0 Å². The Balaban J connectivity index is 1.44. The van der Waals surface area contributed by atoms with Crippen molar-refractivity contribution in [1.82, 2.24) is 19.9 Å². The van der Waals surface area contributed by atoms with E-state index in [-0.39, 0.29) is 12.1 Å². The molecule has 0 saturated carbocycles. The standard InChI is InChI=1S/C32H35ClN6S/c1-20-14-21(2)19-37(18-20)29-11-10-24(16-27(29)33)39-31(30(36-32(39)40)28-9-5-6-13-35-28)26-15-22(3)38(23(26)4)25-8-7-12-34-17-25/h5-13,15-17,20-21,30-31H,14,18-19H2,1-4H3,(H,36,40). The average Bonchev–Trinajstić information content (AvgIpc) is 3.43. The van der Waals surface area contributed by atoms with Crippen LogP contribution in [0.5, 0.6) is 0 Å². The van der Waals surface area contributed by atoms with Crippen molar-refractivity contribution in [1.29, 1.82) is 0 Å². The molecule has 8 heteroatoms. The summed E-state index contributed by atoms with van der Waals surface area (Å²) in [6.07, 6.45) is 6.80. The Kier molecular flexibility index (Phi) is 7.27. The van der Waals surface area contributed by atoms with Crippen LogP contribution < -0.4 is 15.1 Å². The van der Waals surface area contributed by atoms with Gasteiger partial charge in [-0.15, -0.1) is 0 Å². The fourth-order valence-corrected chi connectivity index (χ4v) is 7.32. The van der Waals surface area contributed by atoms with Crippen LogP contribution in [0.4, 0.5) is 11.4 Å². The second-order valence-corrected chi connectivity index (χ2v) is 12.2. The van der Waals surface area contributed by atoms with E-state index in [1.54, 1.807) is 6.20 Å². The van der Waals surface area contributed by atoms with Crippen molar-refractivity contribution in [3.63, 3.8) is 0 Å². The lowest BCUT2D eigenvalue weighted by molar-refractivity contribution is 0.357. The second kappa shape index (κ2) is 10.9. The Morgan fingerprint density at radius 2 is 1.75 bits per heavy atom. The van der Waals surface area contributed by atoms with E-state index in [0.29, 0.717) is 16.9 Å². The van der Waals surface area contributed by atoms with Crippen LogP contribution >= 0.6 is 23.8 Å². The van der Waals surface area contributed by atoms with Crippen molar-refractivity contribution < 1.29 is 0 Å². The molecule has 3 aromatic heterocycles. The Labute approximate surface area is 247 Å². The number of benzene rings is 1. The molecule has 4 unspecified atom stereocenters. The van der Waals surface area contributed by atoms with Gasteiger partial charge in [-0.25, -0.2) is 0 Å². The van der Waals surface area contributed by atoms with Crippen LogP contribution in [-0.4, -0.2) is 32.7 Å². The van der Waals surface area contributed by atoms with Gasteiger partial charge in [0.25, 0.3) is 0 Å². The maximum absolute atomic E-state index is 7.02. The van der Waals surface area contributed by atoms with Crippen LogP contribution in [0.25, 0.3) is 5.69 Å². The highest BCUT2D eigenvalue weighted by Crippen LogP contribution is 2.45. The zero-order chi connectivity index (χ0) is 28.0. The van der Waals surface area contributed by atoms with Crippen molar-refractivity contribution in [2.24, 2.45) is 11.8 Å². The van der Waals surface area contributed by atoms with Crippen LogP contribution in [0.3, 0.4) is 0 Å². The topological polar surface area (TPSA) is 49.2 Å². The van der Waals surface area contributed by atoms with Gasteiger partial charge < -0.3 is 19.7 Å². The molecule has 6 nitrogen and oxygen atoms in total. The number of aromatic nitrogens is 3. The molecule has 4 aromatic rings. The van der Waals surface area contributed by atoms with Gasteiger partial charge in [0, 0.05) is 42.6 Å². The molecule has 1 aromatic carbocycles. The van der Waals surface area contributed by atoms with Crippen LogP contribution in [0.1, 0.15) is 55.0 Å². The smallest absolute Gasteiger partial charge is 0.174 e. The minimum Gasteiger partial charge on any atom is -0.370 e. The monoisotopic (exact) mass is 570 g/mol. The largest absolute Gasteiger partial charge is 0.370 e. The maximum Gasteiger partial charge on any atom is 0.174 e. The van der Waals surface area contributed by atoms with Crippen molar-refractivity contribution >= 4 is 40.3 Å². The SMILES string of the molecule is Cc1cc(C2C(c3ccccn3)NC(=S)N2c2ccc(N3CC(C)CC(C)C3)c(Cl)c2)c(C)n1-c1cccnc1. The summed E-state index contributed by atoms with van der Waals surface area (Å²) in [4.78, 5) is 13.7. The lowest BCUT2D eigenvalue weighted by Gasteiger charge is -2.37. The molecule has 0 spiro atoms. The van der Waals surface area contributed by atoms with E-state index < -0.39 is 0 Å². The van der Waals surface area contributed by atoms with E-state index in [1.807, 2.05) is 30.6 Å². The number of anilines is 2. The van der Waals surface area contributed by atoms with Gasteiger partial charge in [0.15, 0.2) is 5.11 Å². The Morgan fingerprint density at radius 1 is 0.950 bits per heavy atom. The van der Waals surface area contributed by atoms with Crippen molar-refractivity contribution in [3.05, 3.63) is 101 Å². The number of aryl methyl sites for hydroxylation is 1. The summed E-state index contributed by atoms with van der Waals surface area (Å²) in [5.41, 5.74) is 7.52. The minimum atomic E-state index is -0.126. The van der Waals surface area contributed by atoms with E-state index in [9.17, 15) is 0 Å². The number of halogens is 1. The third-order valence-electron chi connectivity index (χ3n) is 8.21. The summed E-state index contributed by atoms with van der Waals surface area (Å²) in [6.45, 7) is 11.0. The van der Waals surface area contributed by atoms with E-state index in [2.05, 4.69) is 88.8 Å². The van der Waals surface area contributed by atoms with Crippen LogP contribution in [0, 0.1) is 25.7 Å². The van der Waals surface area contributed by atoms with Crippen molar-refractivity contribution in [3.8, 4) is 5.69 Å². The highest BCUT2D eigenvalue weighted by Gasteiger charge is 2.42. The van der Waals surface area contributed by atoms with Gasteiger partial charge in [-0.1, -0.05) is 31.5 Å². The third-order valence-corrected chi connectivity index (χ3v) is 8.83. The lowest BCUT2D eigenvalue weighted by Crippen LogP contribution is -2.38. The van der Waals surface area contributed by atoms with Gasteiger partial charge in [0.05, 0.1) is 40.4 Å². The molecule has 40 heavy (non-hydrogen) atoms. The molecule has 0 aliphatic carbocycles. The fourth-order valence-electron chi connectivity index (χ4n) is 6.68. The first-order chi connectivity index (χ1) is 19.3. The molecule has 2 saturated heterocycles. The van der Waals surface area contributed by atoms with E-state index in [1.165, 1.54) is 12.0 Å². The molecule has 2 aliphatic rings. The minimum absolute atomic E-state index is 0.115. The Hall–Kier alpha value is -3.42. The summed E-state index contributed by atoms with van der Waals surface area (Å²) >= 11 is 13.0. The fraction of sp³-hybridized carbons (Fsp3) is 0.344. The summed E-state index contributed by atoms with van der Waals surface area (Å²) in [5, 5.41) is 5.01. The summed E-state index contributed by atoms with van der Waals surface area (Å²) in [7, 11) is 0. The molecule has 2 aliphatic heterocycles. The lowest BCUT2D eigenvalue weighted by atomic mass is 9.91. The maximum atomic E-state index is 7.02. The predicted octanol–water partition coefficient (Wildman–Crippen LogP) is 7.20. The first-order valence-electron chi connectivity index (χ1n) is 14.0. The molecule has 206 valence electrons. The molecule has 0 bridgehead atoms. The van der Waals surface area contributed by atoms with E-state index >= 15 is 0 Å². The molecule has 1 N–H and O–H groups in total. The van der Waals surface area contributed by atoms with E-state index in [4.69, 9.17) is 28.8 Å². The molecule has 0 radical (unpaired) electrons. The Morgan fingerprint density at radius 3 is 2.42 bits per heavy atom. The molecule has 2 fully saturated rings. The van der Waals surface area contributed by atoms with Crippen molar-refractivity contribution in [2.75, 3.05) is 22.9 Å². The quantitative estimate of drug-likeness (QED) is 0.256. The van der Waals surface area contributed by atoms with Crippen LogP contribution in [0.15, 0.2) is 73.2 Å². The second-order valence-electron chi connectivity index (χ2n) is 11.4. The zero-order valence-corrected chi connectivity index (χ0v) is 25.0. The Bertz CT molecular complexity index is 1510. The van der Waals surface area contributed by atoms with Crippen LogP contribution in [-0.2, 0) is 0 Å². The normalized spacial score (nSPS) is 23.0. The van der Waals surface area contributed by atoms with Gasteiger partial charge in [-0.05, 0) is 98.4 Å². The molecule has 0 amide bonds. The van der Waals surface area contributed by atoms with E-state index in [0.717, 1.165) is 52.3 Å². The average molecular weight is 571 g/mol. The van der Waals surface area contributed by atoms with Gasteiger partial charge in [0.2, 0.25) is 0 Å². The first-order valence-corrected chi connectivity index (χ1v) is 14.7. The highest BCUT2D eigenvalue weighted by molar-refractivity contribution is 7.80. The number of rotatable bonds is 5.